The highest BCUT2D eigenvalue weighted by Crippen LogP contribution is 2.44. The van der Waals surface area contributed by atoms with Crippen molar-refractivity contribution in [3.63, 3.8) is 0 Å². The van der Waals surface area contributed by atoms with Gasteiger partial charge in [0.1, 0.15) is 0 Å². The molecule has 0 radical (unpaired) electrons. The van der Waals surface area contributed by atoms with Crippen LogP contribution in [-0.2, 0) is 0 Å². The van der Waals surface area contributed by atoms with Gasteiger partial charge in [-0.1, -0.05) is 140 Å². The molecule has 0 aromatic heterocycles. The van der Waals surface area contributed by atoms with E-state index in [9.17, 15) is 0 Å². The summed E-state index contributed by atoms with van der Waals surface area (Å²) in [6.45, 7) is 0. The lowest BCUT2D eigenvalue weighted by atomic mass is 10.1. The number of hydrogen-bond acceptors (Lipinski definition) is 3. The van der Waals surface area contributed by atoms with Crippen LogP contribution >= 0.6 is 0 Å². The maximum absolute atomic E-state index is 2.77. The number of hydrogen-bond donors (Lipinski definition) is 0. The van der Waals surface area contributed by atoms with Gasteiger partial charge in [-0.3, -0.25) is 0 Å². The molecule has 2 aliphatic rings. The standard InChI is InChI=1S/C40H31N3Si/c1-4-16-32(17-5-1)33-18-14-24-37(30-33)44(35-20-6-2-7-21-35,36-22-8-3-9-23-36)38-25-15-19-34(31-38)43-40-27-11-10-26-39(40)41-28-12-13-29-42(41)43/h1-31H. The van der Waals surface area contributed by atoms with E-state index >= 15 is 0 Å². The second kappa shape index (κ2) is 10.9. The number of rotatable bonds is 6. The van der Waals surface area contributed by atoms with Crippen LogP contribution < -0.4 is 30.8 Å². The zero-order valence-electron chi connectivity index (χ0n) is 24.2. The minimum absolute atomic E-state index is 1.13. The molecule has 3 nitrogen and oxygen atoms in total. The molecule has 0 N–H and O–H groups in total. The Morgan fingerprint density at radius 3 is 1.61 bits per heavy atom. The third-order valence-electron chi connectivity index (χ3n) is 8.68. The lowest BCUT2D eigenvalue weighted by Crippen LogP contribution is -2.74. The van der Waals surface area contributed by atoms with Gasteiger partial charge in [-0.05, 0) is 68.3 Å². The van der Waals surface area contributed by atoms with E-state index in [2.05, 4.69) is 203 Å². The number of para-hydroxylation sites is 2. The molecule has 2 heterocycles. The minimum atomic E-state index is -2.77. The molecule has 0 saturated heterocycles. The molecular weight excluding hydrogens is 551 g/mol. The number of nitrogens with zero attached hydrogens (tertiary/aromatic N) is 3. The highest BCUT2D eigenvalue weighted by Gasteiger charge is 2.42. The van der Waals surface area contributed by atoms with Crippen molar-refractivity contribution in [3.05, 3.63) is 188 Å². The molecule has 6 aromatic rings. The van der Waals surface area contributed by atoms with Gasteiger partial charge >= 0.3 is 0 Å². The molecule has 8 rings (SSSR count). The van der Waals surface area contributed by atoms with Crippen molar-refractivity contribution in [1.29, 1.82) is 0 Å². The van der Waals surface area contributed by atoms with Crippen LogP contribution in [0.4, 0.5) is 17.1 Å². The summed E-state index contributed by atoms with van der Waals surface area (Å²) in [6, 6.07) is 60.1. The first-order chi connectivity index (χ1) is 21.8. The Morgan fingerprint density at radius 2 is 0.909 bits per heavy atom. The van der Waals surface area contributed by atoms with E-state index in [1.165, 1.54) is 31.9 Å². The predicted molar refractivity (Wildman–Crippen MR) is 187 cm³/mol. The maximum atomic E-state index is 2.43. The normalized spacial score (nSPS) is 13.6. The van der Waals surface area contributed by atoms with Gasteiger partial charge < -0.3 is 0 Å². The second-order valence-electron chi connectivity index (χ2n) is 11.1. The fourth-order valence-corrected chi connectivity index (χ4v) is 11.6. The molecule has 0 atom stereocenters. The van der Waals surface area contributed by atoms with E-state index in [1.807, 2.05) is 0 Å². The molecule has 0 spiro atoms. The van der Waals surface area contributed by atoms with E-state index in [0.29, 0.717) is 0 Å². The molecule has 0 saturated carbocycles. The number of benzene rings is 6. The smallest absolute Gasteiger partial charge is 0.179 e. The van der Waals surface area contributed by atoms with Crippen molar-refractivity contribution in [2.45, 2.75) is 0 Å². The third-order valence-corrected chi connectivity index (χ3v) is 13.4. The number of hydrazine groups is 2. The number of allylic oxidation sites excluding steroid dienone is 2. The van der Waals surface area contributed by atoms with Crippen molar-refractivity contribution in [3.8, 4) is 11.1 Å². The van der Waals surface area contributed by atoms with Crippen molar-refractivity contribution in [2.75, 3.05) is 10.0 Å². The summed E-state index contributed by atoms with van der Waals surface area (Å²) < 4.78 is 0. The zero-order valence-corrected chi connectivity index (χ0v) is 25.2. The number of fused-ring (bicyclic) bond motifs is 3. The maximum Gasteiger partial charge on any atom is 0.179 e. The Bertz CT molecular complexity index is 1950. The van der Waals surface area contributed by atoms with Crippen LogP contribution in [-0.4, -0.2) is 13.2 Å². The van der Waals surface area contributed by atoms with Gasteiger partial charge in [-0.25, -0.2) is 10.0 Å². The Balaban J connectivity index is 1.39. The molecule has 4 heteroatoms. The zero-order chi connectivity index (χ0) is 29.3. The van der Waals surface area contributed by atoms with Gasteiger partial charge in [0.2, 0.25) is 0 Å². The topological polar surface area (TPSA) is 9.72 Å². The van der Waals surface area contributed by atoms with Crippen LogP contribution in [0.1, 0.15) is 0 Å². The Hall–Kier alpha value is -5.58. The fraction of sp³-hybridized carbons (Fsp3) is 0. The Kier molecular flexibility index (Phi) is 6.47. The first-order valence-corrected chi connectivity index (χ1v) is 17.0. The molecule has 210 valence electrons. The Morgan fingerprint density at radius 1 is 0.386 bits per heavy atom. The van der Waals surface area contributed by atoms with Crippen molar-refractivity contribution in [1.82, 2.24) is 5.12 Å². The molecule has 0 aliphatic carbocycles. The number of anilines is 3. The van der Waals surface area contributed by atoms with Crippen molar-refractivity contribution in [2.24, 2.45) is 0 Å². The summed E-state index contributed by atoms with van der Waals surface area (Å²) in [6.07, 6.45) is 8.40. The van der Waals surface area contributed by atoms with Crippen LogP contribution in [0.5, 0.6) is 0 Å². The monoisotopic (exact) mass is 581 g/mol. The van der Waals surface area contributed by atoms with E-state index in [0.717, 1.165) is 17.1 Å². The van der Waals surface area contributed by atoms with Gasteiger partial charge in [0, 0.05) is 12.4 Å². The van der Waals surface area contributed by atoms with Crippen LogP contribution in [0, 0.1) is 0 Å². The molecule has 0 fully saturated rings. The summed E-state index contributed by atoms with van der Waals surface area (Å²) in [5.74, 6) is 0. The second-order valence-corrected chi connectivity index (χ2v) is 14.9. The van der Waals surface area contributed by atoms with Crippen LogP contribution in [0.15, 0.2) is 188 Å². The molecule has 0 amide bonds. The van der Waals surface area contributed by atoms with Crippen molar-refractivity contribution >= 4 is 45.9 Å². The highest BCUT2D eigenvalue weighted by atomic mass is 28.3. The molecule has 6 aromatic carbocycles. The van der Waals surface area contributed by atoms with Gasteiger partial charge in [0.15, 0.2) is 8.07 Å². The summed E-state index contributed by atoms with van der Waals surface area (Å²) in [5.41, 5.74) is 5.89. The largest absolute Gasteiger partial charge is 0.240 e. The van der Waals surface area contributed by atoms with E-state index in [4.69, 9.17) is 0 Å². The summed E-state index contributed by atoms with van der Waals surface area (Å²) in [4.78, 5) is 0. The quantitative estimate of drug-likeness (QED) is 0.157. The van der Waals surface area contributed by atoms with E-state index in [1.54, 1.807) is 0 Å². The first kappa shape index (κ1) is 26.1. The molecule has 44 heavy (non-hydrogen) atoms. The average Bonchev–Trinajstić information content (AvgIpc) is 3.45. The molecule has 2 aliphatic heterocycles. The van der Waals surface area contributed by atoms with Gasteiger partial charge in [0.25, 0.3) is 0 Å². The SMILES string of the molecule is C1=CN2c3ccccc3N(c3cccc([Si](c4ccccc4)(c4ccccc4)c4cccc(-c5ccccc5)c4)c3)N2C=C1. The van der Waals surface area contributed by atoms with Gasteiger partial charge in [0.05, 0.1) is 17.1 Å². The lowest BCUT2D eigenvalue weighted by molar-refractivity contribution is 0.408. The minimum Gasteiger partial charge on any atom is -0.240 e. The first-order valence-electron chi connectivity index (χ1n) is 15.0. The third kappa shape index (κ3) is 4.19. The fourth-order valence-electron chi connectivity index (χ4n) is 6.77. The van der Waals surface area contributed by atoms with Crippen LogP contribution in [0.25, 0.3) is 11.1 Å². The van der Waals surface area contributed by atoms with Gasteiger partial charge in [-0.2, -0.15) is 5.12 Å². The van der Waals surface area contributed by atoms with Crippen LogP contribution in [0.2, 0.25) is 0 Å². The van der Waals surface area contributed by atoms with E-state index in [-0.39, 0.29) is 0 Å². The van der Waals surface area contributed by atoms with Gasteiger partial charge in [-0.15, -0.1) is 0 Å². The van der Waals surface area contributed by atoms with Crippen molar-refractivity contribution < 1.29 is 0 Å². The predicted octanol–water partition coefficient (Wildman–Crippen LogP) is 6.86. The Labute approximate surface area is 259 Å². The lowest BCUT2D eigenvalue weighted by Gasteiger charge is -2.37. The average molecular weight is 582 g/mol. The summed E-state index contributed by atoms with van der Waals surface area (Å²) in [7, 11) is -2.77. The molecular formula is C40H31N3Si. The van der Waals surface area contributed by atoms with Crippen LogP contribution in [0.3, 0.4) is 0 Å². The summed E-state index contributed by atoms with van der Waals surface area (Å²) >= 11 is 0. The molecule has 0 bridgehead atoms. The van der Waals surface area contributed by atoms with E-state index < -0.39 is 8.07 Å². The molecule has 0 unspecified atom stereocenters. The highest BCUT2D eigenvalue weighted by molar-refractivity contribution is 7.20. The summed E-state index contributed by atoms with van der Waals surface area (Å²) in [5, 5.41) is 12.1.